The average molecular weight is 386 g/mol. The zero-order valence-corrected chi connectivity index (χ0v) is 14.8. The van der Waals surface area contributed by atoms with E-state index in [0.29, 0.717) is 10.5 Å². The van der Waals surface area contributed by atoms with Crippen LogP contribution in [0.2, 0.25) is 0 Å². The van der Waals surface area contributed by atoms with Crippen LogP contribution in [0.5, 0.6) is 0 Å². The number of benzene rings is 2. The van der Waals surface area contributed by atoms with Gasteiger partial charge in [-0.15, -0.1) is 11.8 Å². The van der Waals surface area contributed by atoms with Crippen LogP contribution in [-0.4, -0.2) is 20.1 Å². The summed E-state index contributed by atoms with van der Waals surface area (Å²) in [6.07, 6.45) is 0. The van der Waals surface area contributed by atoms with Crippen molar-refractivity contribution in [1.29, 1.82) is 0 Å². The fourth-order valence-electron chi connectivity index (χ4n) is 2.03. The summed E-state index contributed by atoms with van der Waals surface area (Å²) in [5.74, 6) is -2.16. The molecule has 0 fully saturated rings. The van der Waals surface area contributed by atoms with E-state index in [9.17, 15) is 22.0 Å². The highest BCUT2D eigenvalue weighted by molar-refractivity contribution is 8.00. The second kappa shape index (κ2) is 7.94. The van der Waals surface area contributed by atoms with Crippen molar-refractivity contribution in [2.45, 2.75) is 22.8 Å². The number of hydrogen-bond donors (Lipinski definition) is 2. The summed E-state index contributed by atoms with van der Waals surface area (Å²) >= 11 is 1.08. The summed E-state index contributed by atoms with van der Waals surface area (Å²) in [7, 11) is -3.76. The molecule has 0 heterocycles. The summed E-state index contributed by atoms with van der Waals surface area (Å²) in [6, 6.07) is 8.93. The number of nitrogens with two attached hydrogens (primary N) is 1. The molecule has 2 rings (SSSR count). The molecule has 0 spiro atoms. The van der Waals surface area contributed by atoms with Gasteiger partial charge in [0.15, 0.2) is 11.6 Å². The number of primary sulfonamides is 1. The molecule has 1 amide bonds. The Bertz CT molecular complexity index is 871. The lowest BCUT2D eigenvalue weighted by Gasteiger charge is -2.14. The van der Waals surface area contributed by atoms with Crippen molar-refractivity contribution in [3.8, 4) is 0 Å². The van der Waals surface area contributed by atoms with Crippen LogP contribution < -0.4 is 10.5 Å². The lowest BCUT2D eigenvalue weighted by atomic mass is 10.1. The van der Waals surface area contributed by atoms with Crippen LogP contribution in [0.25, 0.3) is 0 Å². The topological polar surface area (TPSA) is 89.3 Å². The van der Waals surface area contributed by atoms with Gasteiger partial charge in [-0.1, -0.05) is 12.1 Å². The number of carbonyl (C=O) groups excluding carboxylic acids is 1. The highest BCUT2D eigenvalue weighted by Crippen LogP contribution is 2.21. The minimum atomic E-state index is -3.76. The van der Waals surface area contributed by atoms with E-state index in [1.165, 1.54) is 18.2 Å². The first-order chi connectivity index (χ1) is 11.7. The third-order valence-corrected chi connectivity index (χ3v) is 5.27. The van der Waals surface area contributed by atoms with E-state index in [4.69, 9.17) is 5.14 Å². The molecule has 0 aliphatic carbocycles. The molecule has 0 aromatic heterocycles. The van der Waals surface area contributed by atoms with Crippen LogP contribution in [0.15, 0.2) is 52.3 Å². The highest BCUT2D eigenvalue weighted by atomic mass is 32.2. The predicted octanol–water partition coefficient (Wildman–Crippen LogP) is 2.58. The van der Waals surface area contributed by atoms with E-state index in [1.54, 1.807) is 19.1 Å². The third-order valence-electron chi connectivity index (χ3n) is 3.35. The summed E-state index contributed by atoms with van der Waals surface area (Å²) in [5.41, 5.74) is 0.707. The van der Waals surface area contributed by atoms with E-state index in [1.807, 2.05) is 0 Å². The van der Waals surface area contributed by atoms with Gasteiger partial charge in [-0.05, 0) is 42.8 Å². The smallest absolute Gasteiger partial charge is 0.238 e. The van der Waals surface area contributed by atoms with Gasteiger partial charge in [-0.2, -0.15) is 0 Å². The number of rotatable bonds is 6. The van der Waals surface area contributed by atoms with Crippen molar-refractivity contribution in [2.75, 3.05) is 5.75 Å². The quantitative estimate of drug-likeness (QED) is 0.747. The summed E-state index contributed by atoms with van der Waals surface area (Å²) in [6.45, 7) is 1.74. The van der Waals surface area contributed by atoms with Gasteiger partial charge in [0.25, 0.3) is 0 Å². The van der Waals surface area contributed by atoms with Crippen molar-refractivity contribution in [3.63, 3.8) is 0 Å². The molecule has 9 heteroatoms. The van der Waals surface area contributed by atoms with Crippen LogP contribution in [-0.2, 0) is 14.8 Å². The highest BCUT2D eigenvalue weighted by Gasteiger charge is 2.13. The third kappa shape index (κ3) is 5.52. The van der Waals surface area contributed by atoms with Crippen molar-refractivity contribution < 1.29 is 22.0 Å². The molecule has 0 bridgehead atoms. The molecule has 134 valence electrons. The molecule has 0 saturated heterocycles. The number of sulfonamides is 1. The van der Waals surface area contributed by atoms with E-state index in [-0.39, 0.29) is 22.6 Å². The molecular weight excluding hydrogens is 370 g/mol. The molecule has 1 atom stereocenters. The van der Waals surface area contributed by atoms with Gasteiger partial charge in [0.05, 0.1) is 16.7 Å². The first-order valence-electron chi connectivity index (χ1n) is 7.17. The molecule has 0 aliphatic heterocycles. The maximum absolute atomic E-state index is 13.1. The van der Waals surface area contributed by atoms with E-state index in [2.05, 4.69) is 5.32 Å². The lowest BCUT2D eigenvalue weighted by Crippen LogP contribution is -2.28. The first-order valence-corrected chi connectivity index (χ1v) is 9.70. The first kappa shape index (κ1) is 19.4. The Labute approximate surface area is 148 Å². The lowest BCUT2D eigenvalue weighted by molar-refractivity contribution is -0.119. The fourth-order valence-corrected chi connectivity index (χ4v) is 3.28. The molecule has 0 saturated carbocycles. The second-order valence-electron chi connectivity index (χ2n) is 5.27. The van der Waals surface area contributed by atoms with Crippen molar-refractivity contribution in [2.24, 2.45) is 5.14 Å². The molecule has 3 N–H and O–H groups in total. The molecule has 5 nitrogen and oxygen atoms in total. The summed E-state index contributed by atoms with van der Waals surface area (Å²) in [4.78, 5) is 12.4. The summed E-state index contributed by atoms with van der Waals surface area (Å²) < 4.78 is 48.4. The molecule has 2 aromatic rings. The minimum Gasteiger partial charge on any atom is -0.349 e. The van der Waals surface area contributed by atoms with Crippen LogP contribution in [0.1, 0.15) is 18.5 Å². The zero-order chi connectivity index (χ0) is 18.6. The van der Waals surface area contributed by atoms with Gasteiger partial charge in [-0.25, -0.2) is 22.3 Å². The number of carbonyl (C=O) groups is 1. The monoisotopic (exact) mass is 386 g/mol. The zero-order valence-electron chi connectivity index (χ0n) is 13.2. The standard InChI is InChI=1S/C16H16F2N2O3S2/c1-10(11-2-5-13(6-3-11)25(19,22)23)20-16(21)9-24-12-4-7-14(17)15(18)8-12/h2-8,10H,9H2,1H3,(H,20,21)(H2,19,22,23)/t10-/m0/s1. The van der Waals surface area contributed by atoms with Gasteiger partial charge >= 0.3 is 0 Å². The maximum atomic E-state index is 13.1. The van der Waals surface area contributed by atoms with Gasteiger partial charge in [0, 0.05) is 4.90 Å². The fraction of sp³-hybridized carbons (Fsp3) is 0.188. The number of nitrogens with one attached hydrogen (secondary N) is 1. The van der Waals surface area contributed by atoms with Gasteiger partial charge < -0.3 is 5.32 Å². The van der Waals surface area contributed by atoms with Crippen LogP contribution in [0.3, 0.4) is 0 Å². The molecular formula is C16H16F2N2O3S2. The van der Waals surface area contributed by atoms with Crippen molar-refractivity contribution in [1.82, 2.24) is 5.32 Å². The Kier molecular flexibility index (Phi) is 6.15. The Balaban J connectivity index is 1.92. The largest absolute Gasteiger partial charge is 0.349 e. The van der Waals surface area contributed by atoms with Crippen molar-refractivity contribution >= 4 is 27.7 Å². The number of thioether (sulfide) groups is 1. The van der Waals surface area contributed by atoms with Crippen LogP contribution in [0, 0.1) is 11.6 Å². The summed E-state index contributed by atoms with van der Waals surface area (Å²) in [5, 5.41) is 7.77. The Morgan fingerprint density at radius 3 is 2.36 bits per heavy atom. The predicted molar refractivity (Wildman–Crippen MR) is 91.5 cm³/mol. The van der Waals surface area contributed by atoms with Gasteiger partial charge in [-0.3, -0.25) is 4.79 Å². The number of hydrogen-bond acceptors (Lipinski definition) is 4. The maximum Gasteiger partial charge on any atom is 0.238 e. The van der Waals surface area contributed by atoms with Crippen LogP contribution in [0.4, 0.5) is 8.78 Å². The van der Waals surface area contributed by atoms with E-state index < -0.39 is 21.7 Å². The molecule has 0 radical (unpaired) electrons. The Morgan fingerprint density at radius 1 is 1.16 bits per heavy atom. The van der Waals surface area contributed by atoms with Crippen molar-refractivity contribution in [3.05, 3.63) is 59.7 Å². The molecule has 0 aliphatic rings. The van der Waals surface area contributed by atoms with Crippen LogP contribution >= 0.6 is 11.8 Å². The molecule has 2 aromatic carbocycles. The van der Waals surface area contributed by atoms with Gasteiger partial charge in [0.1, 0.15) is 0 Å². The number of amides is 1. The normalized spacial score (nSPS) is 12.6. The molecule has 25 heavy (non-hydrogen) atoms. The van der Waals surface area contributed by atoms with E-state index >= 15 is 0 Å². The average Bonchev–Trinajstić information content (AvgIpc) is 2.55. The van der Waals surface area contributed by atoms with Gasteiger partial charge in [0.2, 0.25) is 15.9 Å². The Morgan fingerprint density at radius 2 is 1.80 bits per heavy atom. The second-order valence-corrected chi connectivity index (χ2v) is 7.88. The Hall–Kier alpha value is -1.97. The molecule has 0 unspecified atom stereocenters. The SMILES string of the molecule is C[C@H](NC(=O)CSc1ccc(F)c(F)c1)c1ccc(S(N)(=O)=O)cc1. The number of halogens is 2. The minimum absolute atomic E-state index is 0.0105. The van der Waals surface area contributed by atoms with E-state index in [0.717, 1.165) is 23.9 Å².